The van der Waals surface area contributed by atoms with Crippen LogP contribution in [0.3, 0.4) is 0 Å². The molecule has 11 heteroatoms. The highest BCUT2D eigenvalue weighted by molar-refractivity contribution is 6.36. The molecule has 2 aromatic carbocycles. The first-order valence-electron chi connectivity index (χ1n) is 11.2. The summed E-state index contributed by atoms with van der Waals surface area (Å²) in [7, 11) is 6.45. The van der Waals surface area contributed by atoms with Crippen LogP contribution in [0.25, 0.3) is 10.9 Å². The Bertz CT molecular complexity index is 1230. The standard InChI is InChI=1S/C24H29N5O6/c1-28(2,34)11-9-26-20-13-7-8-25-21(13)22(27-10-12-29(3,4)35)19-18(20)23(32)16-14(30)5-6-15(31)17(16)24(19)33/h5-8,34-35H,9-12H2,1-4H3,(H3-2,25,26,27,30,31,32,33)/p+2. The fourth-order valence-electron chi connectivity index (χ4n) is 4.31. The summed E-state index contributed by atoms with van der Waals surface area (Å²) in [5, 5.41) is 48.1. The van der Waals surface area contributed by atoms with Crippen LogP contribution in [0.15, 0.2) is 24.4 Å². The molecule has 1 heterocycles. The van der Waals surface area contributed by atoms with E-state index in [4.69, 9.17) is 0 Å². The van der Waals surface area contributed by atoms with Crippen LogP contribution < -0.4 is 10.6 Å². The zero-order chi connectivity index (χ0) is 25.7. The van der Waals surface area contributed by atoms with Crippen LogP contribution in [0.4, 0.5) is 11.4 Å². The number of likely N-dealkylation sites (N-methyl/N-ethyl adjacent to an activating group) is 2. The van der Waals surface area contributed by atoms with Crippen molar-refractivity contribution in [2.24, 2.45) is 0 Å². The number of carbonyl (C=O) groups excluding carboxylic acids is 2. The molecule has 3 aromatic rings. The number of phenolic OH excluding ortho intramolecular Hbond substituents is 2. The molecule has 0 amide bonds. The van der Waals surface area contributed by atoms with Crippen LogP contribution in [0, 0.1) is 0 Å². The number of ketones is 2. The minimum absolute atomic E-state index is 0.0573. The molecule has 4 rings (SSSR count). The number of phenols is 2. The smallest absolute Gasteiger partial charge is 0.200 e. The summed E-state index contributed by atoms with van der Waals surface area (Å²) in [5.41, 5.74) is 0.938. The van der Waals surface area contributed by atoms with Gasteiger partial charge in [0.1, 0.15) is 24.6 Å². The van der Waals surface area contributed by atoms with E-state index in [0.29, 0.717) is 41.9 Å². The van der Waals surface area contributed by atoms with Crippen LogP contribution in [0.5, 0.6) is 11.5 Å². The van der Waals surface area contributed by atoms with E-state index in [-0.39, 0.29) is 38.1 Å². The van der Waals surface area contributed by atoms with Crippen molar-refractivity contribution in [1.82, 2.24) is 4.98 Å². The molecule has 1 aliphatic rings. The lowest BCUT2D eigenvalue weighted by atomic mass is 9.80. The molecule has 35 heavy (non-hydrogen) atoms. The normalized spacial score (nSPS) is 13.7. The van der Waals surface area contributed by atoms with Gasteiger partial charge < -0.3 is 25.8 Å². The second-order valence-corrected chi connectivity index (χ2v) is 9.82. The topological polar surface area (TPSA) is 155 Å². The van der Waals surface area contributed by atoms with E-state index in [0.717, 1.165) is 0 Å². The molecule has 0 saturated heterocycles. The minimum Gasteiger partial charge on any atom is -0.507 e. The highest BCUT2D eigenvalue weighted by Crippen LogP contribution is 2.46. The summed E-state index contributed by atoms with van der Waals surface area (Å²) >= 11 is 0. The average molecular weight is 486 g/mol. The third-order valence-corrected chi connectivity index (χ3v) is 6.01. The summed E-state index contributed by atoms with van der Waals surface area (Å²) in [4.78, 5) is 30.6. The number of benzene rings is 2. The summed E-state index contributed by atoms with van der Waals surface area (Å²) < 4.78 is -0.604. The second kappa shape index (κ2) is 8.54. The van der Waals surface area contributed by atoms with E-state index >= 15 is 0 Å². The number of hydrogen-bond donors (Lipinski definition) is 7. The lowest BCUT2D eigenvalue weighted by Gasteiger charge is -2.27. The fraction of sp³-hybridized carbons (Fsp3) is 0.333. The molecule has 1 aromatic heterocycles. The molecular weight excluding hydrogens is 454 g/mol. The van der Waals surface area contributed by atoms with Crippen molar-refractivity contribution in [3.8, 4) is 11.5 Å². The van der Waals surface area contributed by atoms with Gasteiger partial charge in [-0.3, -0.25) is 9.59 Å². The number of carbonyl (C=O) groups is 2. The molecule has 1 aliphatic carbocycles. The number of nitrogens with zero attached hydrogens (tertiary/aromatic N) is 2. The number of rotatable bonds is 8. The van der Waals surface area contributed by atoms with Crippen molar-refractivity contribution in [2.45, 2.75) is 0 Å². The number of aromatic nitrogens is 1. The predicted molar refractivity (Wildman–Crippen MR) is 129 cm³/mol. The van der Waals surface area contributed by atoms with E-state index in [1.807, 2.05) is 0 Å². The van der Waals surface area contributed by atoms with Gasteiger partial charge in [0, 0.05) is 11.6 Å². The van der Waals surface area contributed by atoms with Gasteiger partial charge in [0.2, 0.25) is 11.6 Å². The predicted octanol–water partition coefficient (Wildman–Crippen LogP) is 2.11. The van der Waals surface area contributed by atoms with E-state index < -0.39 is 23.1 Å². The Hall–Kier alpha value is -3.64. The Kier molecular flexibility index (Phi) is 5.97. The molecule has 7 N–H and O–H groups in total. The number of H-pyrrole nitrogens is 1. The van der Waals surface area contributed by atoms with Crippen molar-refractivity contribution < 1.29 is 39.5 Å². The van der Waals surface area contributed by atoms with Gasteiger partial charge in [-0.25, -0.2) is 10.4 Å². The largest absolute Gasteiger partial charge is 0.507 e. The quantitative estimate of drug-likeness (QED) is 0.0866. The van der Waals surface area contributed by atoms with E-state index in [1.165, 1.54) is 12.1 Å². The van der Waals surface area contributed by atoms with Gasteiger partial charge in [-0.2, -0.15) is 9.29 Å². The summed E-state index contributed by atoms with van der Waals surface area (Å²) in [6, 6.07) is 4.12. The monoisotopic (exact) mass is 485 g/mol. The molecule has 0 atom stereocenters. The summed E-state index contributed by atoms with van der Waals surface area (Å²) in [6.45, 7) is 1.20. The van der Waals surface area contributed by atoms with Crippen LogP contribution in [0.1, 0.15) is 31.8 Å². The van der Waals surface area contributed by atoms with Crippen molar-refractivity contribution >= 4 is 33.8 Å². The lowest BCUT2D eigenvalue weighted by Crippen LogP contribution is -2.40. The average Bonchev–Trinajstić information content (AvgIpc) is 3.22. The Morgan fingerprint density at radius 2 is 1.20 bits per heavy atom. The minimum atomic E-state index is -0.610. The number of aromatic amines is 1. The molecule has 186 valence electrons. The number of quaternary nitrogens is 2. The molecule has 11 nitrogen and oxygen atoms in total. The first-order chi connectivity index (χ1) is 16.3. The maximum absolute atomic E-state index is 13.8. The molecular formula is C24H31N5O6+2. The number of nitrogens with one attached hydrogen (secondary N) is 3. The number of fused-ring (bicyclic) bond motifs is 3. The van der Waals surface area contributed by atoms with E-state index in [2.05, 4.69) is 15.6 Å². The SMILES string of the molecule is C[N+](C)(O)CCNc1c2c(c(NCC[N+](C)(C)O)c3[nH]ccc13)C(=O)c1c(O)ccc(O)c1C2=O. The molecule has 0 bridgehead atoms. The maximum atomic E-state index is 13.8. The van der Waals surface area contributed by atoms with Crippen LogP contribution >= 0.6 is 0 Å². The maximum Gasteiger partial charge on any atom is 0.200 e. The number of hydrogen-bond acceptors (Lipinski definition) is 8. The van der Waals surface area contributed by atoms with Gasteiger partial charge in [-0.15, -0.1) is 0 Å². The lowest BCUT2D eigenvalue weighted by molar-refractivity contribution is -1.07. The summed E-state index contributed by atoms with van der Waals surface area (Å²) in [5.74, 6) is -2.01. The highest BCUT2D eigenvalue weighted by Gasteiger charge is 2.39. The highest BCUT2D eigenvalue weighted by atomic mass is 16.5. The third kappa shape index (κ3) is 4.54. The van der Waals surface area contributed by atoms with Crippen LogP contribution in [0.2, 0.25) is 0 Å². The van der Waals surface area contributed by atoms with Gasteiger partial charge in [-0.1, -0.05) is 0 Å². The number of aromatic hydroxyl groups is 2. The zero-order valence-corrected chi connectivity index (χ0v) is 20.1. The molecule has 0 saturated carbocycles. The van der Waals surface area contributed by atoms with Gasteiger partial charge in [-0.05, 0) is 18.2 Å². The Labute approximate surface area is 201 Å². The molecule has 0 radical (unpaired) electrons. The third-order valence-electron chi connectivity index (χ3n) is 6.01. The molecule has 0 unspecified atom stereocenters. The first kappa shape index (κ1) is 24.5. The van der Waals surface area contributed by atoms with E-state index in [9.17, 15) is 30.2 Å². The van der Waals surface area contributed by atoms with Gasteiger partial charge in [0.15, 0.2) is 0 Å². The van der Waals surface area contributed by atoms with Crippen LogP contribution in [-0.4, -0.2) is 101 Å². The first-order valence-corrected chi connectivity index (χ1v) is 11.2. The Morgan fingerprint density at radius 1 is 0.743 bits per heavy atom. The molecule has 0 fully saturated rings. The van der Waals surface area contributed by atoms with Gasteiger partial charge in [0.25, 0.3) is 0 Å². The van der Waals surface area contributed by atoms with Crippen LogP contribution in [-0.2, 0) is 0 Å². The summed E-state index contributed by atoms with van der Waals surface area (Å²) in [6.07, 6.45) is 1.68. The van der Waals surface area contributed by atoms with Crippen molar-refractivity contribution in [1.29, 1.82) is 0 Å². The number of anilines is 2. The second-order valence-electron chi connectivity index (χ2n) is 9.82. The van der Waals surface area contributed by atoms with Crippen molar-refractivity contribution in [3.63, 3.8) is 0 Å². The van der Waals surface area contributed by atoms with E-state index in [1.54, 1.807) is 40.5 Å². The Balaban J connectivity index is 1.94. The number of hydroxylamine groups is 6. The molecule has 0 spiro atoms. The van der Waals surface area contributed by atoms with Gasteiger partial charge in [0.05, 0.1) is 80.4 Å². The zero-order valence-electron chi connectivity index (χ0n) is 20.1. The van der Waals surface area contributed by atoms with Crippen molar-refractivity contribution in [3.05, 3.63) is 46.6 Å². The van der Waals surface area contributed by atoms with Gasteiger partial charge >= 0.3 is 0 Å². The van der Waals surface area contributed by atoms with Crippen molar-refractivity contribution in [2.75, 3.05) is 65.0 Å². The molecule has 0 aliphatic heterocycles. The Morgan fingerprint density at radius 3 is 1.69 bits per heavy atom. The fourth-order valence-corrected chi connectivity index (χ4v) is 4.31.